The minimum absolute atomic E-state index is 0.0193. The van der Waals surface area contributed by atoms with Gasteiger partial charge < -0.3 is 19.9 Å². The largest absolute Gasteiger partial charge is 0.479 e. The molecule has 1 fully saturated rings. The Bertz CT molecular complexity index is 847. The summed E-state index contributed by atoms with van der Waals surface area (Å²) in [6, 6.07) is 5.62. The number of aromatic nitrogens is 3. The Morgan fingerprint density at radius 1 is 1.37 bits per heavy atom. The highest BCUT2D eigenvalue weighted by molar-refractivity contribution is 5.97. The van der Waals surface area contributed by atoms with Crippen molar-refractivity contribution in [3.63, 3.8) is 0 Å². The molecule has 0 spiro atoms. The van der Waals surface area contributed by atoms with E-state index in [2.05, 4.69) is 20.4 Å². The Balaban J connectivity index is 1.80. The molecule has 0 saturated carbocycles. The number of carbonyl (C=O) groups excluding carboxylic acids is 1. The summed E-state index contributed by atoms with van der Waals surface area (Å²) in [5.74, 6) is -1.90. The summed E-state index contributed by atoms with van der Waals surface area (Å²) >= 11 is 0. The molecule has 144 valence electrons. The van der Waals surface area contributed by atoms with E-state index in [1.54, 1.807) is 6.92 Å². The standard InChI is InChI=1S/C16H16F2N4O5/c1-9-12(13(23)19-16(14(24)25)6-7-26-8-16)20-21-22(9)10-2-4-11(5-3-10)27-15(17)18/h2-5,15H,6-8H2,1H3,(H,19,23)(H,24,25). The predicted octanol–water partition coefficient (Wildman–Crippen LogP) is 1.15. The first-order valence-corrected chi connectivity index (χ1v) is 7.93. The number of carbonyl (C=O) groups is 2. The molecule has 1 atom stereocenters. The van der Waals surface area contributed by atoms with Crippen molar-refractivity contribution in [2.45, 2.75) is 25.5 Å². The molecule has 0 radical (unpaired) electrons. The van der Waals surface area contributed by atoms with Gasteiger partial charge in [0.25, 0.3) is 5.91 Å². The third kappa shape index (κ3) is 3.72. The van der Waals surface area contributed by atoms with Gasteiger partial charge in [-0.1, -0.05) is 5.21 Å². The minimum Gasteiger partial charge on any atom is -0.479 e. The first-order valence-electron chi connectivity index (χ1n) is 7.93. The zero-order chi connectivity index (χ0) is 19.6. The number of nitrogens with zero attached hydrogens (tertiary/aromatic N) is 3. The maximum Gasteiger partial charge on any atom is 0.387 e. The van der Waals surface area contributed by atoms with E-state index in [1.165, 1.54) is 28.9 Å². The number of rotatable bonds is 6. The number of benzene rings is 1. The first-order chi connectivity index (χ1) is 12.8. The van der Waals surface area contributed by atoms with E-state index in [4.69, 9.17) is 4.74 Å². The smallest absolute Gasteiger partial charge is 0.387 e. The highest BCUT2D eigenvalue weighted by Gasteiger charge is 2.44. The molecule has 1 amide bonds. The molecule has 1 saturated heterocycles. The summed E-state index contributed by atoms with van der Waals surface area (Å²) < 4.78 is 35.1. The molecule has 2 heterocycles. The number of alkyl halides is 2. The van der Waals surface area contributed by atoms with Crippen LogP contribution >= 0.6 is 0 Å². The van der Waals surface area contributed by atoms with Crippen molar-refractivity contribution >= 4 is 11.9 Å². The zero-order valence-corrected chi connectivity index (χ0v) is 14.2. The van der Waals surface area contributed by atoms with Crippen LogP contribution in [-0.4, -0.2) is 57.3 Å². The molecule has 3 rings (SSSR count). The van der Waals surface area contributed by atoms with E-state index in [0.717, 1.165) is 0 Å². The summed E-state index contributed by atoms with van der Waals surface area (Å²) in [6.45, 7) is -1.25. The molecule has 2 aromatic rings. The lowest BCUT2D eigenvalue weighted by Gasteiger charge is -2.23. The summed E-state index contributed by atoms with van der Waals surface area (Å²) in [4.78, 5) is 24.0. The van der Waals surface area contributed by atoms with E-state index in [9.17, 15) is 23.5 Å². The van der Waals surface area contributed by atoms with Crippen LogP contribution in [0.4, 0.5) is 8.78 Å². The van der Waals surface area contributed by atoms with Crippen molar-refractivity contribution in [1.29, 1.82) is 0 Å². The van der Waals surface area contributed by atoms with E-state index in [1.807, 2.05) is 0 Å². The maximum atomic E-state index is 12.5. The van der Waals surface area contributed by atoms with Crippen LogP contribution in [0.2, 0.25) is 0 Å². The van der Waals surface area contributed by atoms with Crippen molar-refractivity contribution in [2.24, 2.45) is 0 Å². The number of carboxylic acids is 1. The van der Waals surface area contributed by atoms with Crippen LogP contribution in [0.15, 0.2) is 24.3 Å². The third-order valence-electron chi connectivity index (χ3n) is 4.20. The fourth-order valence-corrected chi connectivity index (χ4v) is 2.72. The molecule has 9 nitrogen and oxygen atoms in total. The molecule has 1 aromatic heterocycles. The molecule has 1 aliphatic rings. The average molecular weight is 382 g/mol. The second-order valence-corrected chi connectivity index (χ2v) is 5.95. The molecule has 1 aliphatic heterocycles. The first kappa shape index (κ1) is 18.7. The van der Waals surface area contributed by atoms with Crippen molar-refractivity contribution < 1.29 is 33.0 Å². The quantitative estimate of drug-likeness (QED) is 0.770. The summed E-state index contributed by atoms with van der Waals surface area (Å²) in [7, 11) is 0. The van der Waals surface area contributed by atoms with E-state index in [-0.39, 0.29) is 31.1 Å². The number of hydrogen-bond donors (Lipinski definition) is 2. The number of ether oxygens (including phenoxy) is 2. The van der Waals surface area contributed by atoms with Gasteiger partial charge >= 0.3 is 12.6 Å². The minimum atomic E-state index is -2.93. The number of nitrogens with one attached hydrogen (secondary N) is 1. The Labute approximate surface area is 151 Å². The number of aliphatic carboxylic acids is 1. The molecular formula is C16H16F2N4O5. The van der Waals surface area contributed by atoms with E-state index in [0.29, 0.717) is 11.4 Å². The lowest BCUT2D eigenvalue weighted by Crippen LogP contribution is -2.55. The third-order valence-corrected chi connectivity index (χ3v) is 4.20. The molecular weight excluding hydrogens is 366 g/mol. The summed E-state index contributed by atoms with van der Waals surface area (Å²) in [6.07, 6.45) is 0.146. The van der Waals surface area contributed by atoms with Crippen molar-refractivity contribution in [1.82, 2.24) is 20.3 Å². The number of amides is 1. The SMILES string of the molecule is Cc1c(C(=O)NC2(C(=O)O)CCOC2)nnn1-c1ccc(OC(F)F)cc1. The van der Waals surface area contributed by atoms with Crippen LogP contribution in [0.1, 0.15) is 22.6 Å². The fraction of sp³-hybridized carbons (Fsp3) is 0.375. The molecule has 0 bridgehead atoms. The molecule has 11 heteroatoms. The predicted molar refractivity (Wildman–Crippen MR) is 86.0 cm³/mol. The lowest BCUT2D eigenvalue weighted by atomic mass is 9.99. The lowest BCUT2D eigenvalue weighted by molar-refractivity contribution is -0.144. The van der Waals surface area contributed by atoms with E-state index >= 15 is 0 Å². The van der Waals surface area contributed by atoms with E-state index < -0.39 is 24.0 Å². The van der Waals surface area contributed by atoms with Gasteiger partial charge in [0, 0.05) is 13.0 Å². The van der Waals surface area contributed by atoms with Crippen LogP contribution in [0.25, 0.3) is 5.69 Å². The highest BCUT2D eigenvalue weighted by atomic mass is 19.3. The van der Waals surface area contributed by atoms with Gasteiger partial charge in [-0.3, -0.25) is 4.79 Å². The van der Waals surface area contributed by atoms with Crippen LogP contribution in [0, 0.1) is 6.92 Å². The topological polar surface area (TPSA) is 116 Å². The van der Waals surface area contributed by atoms with Crippen molar-refractivity contribution in [3.05, 3.63) is 35.7 Å². The van der Waals surface area contributed by atoms with Crippen molar-refractivity contribution in [3.8, 4) is 11.4 Å². The average Bonchev–Trinajstić information content (AvgIpc) is 3.23. The van der Waals surface area contributed by atoms with Crippen LogP contribution in [-0.2, 0) is 9.53 Å². The molecule has 2 N–H and O–H groups in total. The van der Waals surface area contributed by atoms with Gasteiger partial charge in [-0.25, -0.2) is 9.48 Å². The monoisotopic (exact) mass is 382 g/mol. The second-order valence-electron chi connectivity index (χ2n) is 5.95. The number of carboxylic acid groups (broad SMARTS) is 1. The number of hydrogen-bond acceptors (Lipinski definition) is 6. The normalized spacial score (nSPS) is 19.3. The molecule has 27 heavy (non-hydrogen) atoms. The summed E-state index contributed by atoms with van der Waals surface area (Å²) in [5, 5.41) is 19.6. The fourth-order valence-electron chi connectivity index (χ4n) is 2.72. The van der Waals surface area contributed by atoms with Crippen LogP contribution < -0.4 is 10.1 Å². The van der Waals surface area contributed by atoms with Crippen molar-refractivity contribution in [2.75, 3.05) is 13.2 Å². The Morgan fingerprint density at radius 2 is 2.07 bits per heavy atom. The zero-order valence-electron chi connectivity index (χ0n) is 14.2. The van der Waals surface area contributed by atoms with Gasteiger partial charge in [0.05, 0.1) is 18.0 Å². The highest BCUT2D eigenvalue weighted by Crippen LogP contribution is 2.21. The van der Waals surface area contributed by atoms with Gasteiger partial charge in [0.2, 0.25) is 0 Å². The second kappa shape index (κ2) is 7.27. The Morgan fingerprint density at radius 3 is 2.63 bits per heavy atom. The molecule has 1 aromatic carbocycles. The van der Waals surface area contributed by atoms with Gasteiger partial charge in [-0.05, 0) is 31.2 Å². The van der Waals surface area contributed by atoms with Crippen LogP contribution in [0.5, 0.6) is 5.75 Å². The van der Waals surface area contributed by atoms with Gasteiger partial charge in [0.15, 0.2) is 11.2 Å². The van der Waals surface area contributed by atoms with Gasteiger partial charge in [-0.15, -0.1) is 5.10 Å². The van der Waals surface area contributed by atoms with Gasteiger partial charge in [0.1, 0.15) is 5.75 Å². The Hall–Kier alpha value is -3.08. The maximum absolute atomic E-state index is 12.5. The molecule has 1 unspecified atom stereocenters. The Kier molecular flexibility index (Phi) is 5.04. The van der Waals surface area contributed by atoms with Crippen LogP contribution in [0.3, 0.4) is 0 Å². The van der Waals surface area contributed by atoms with Gasteiger partial charge in [-0.2, -0.15) is 8.78 Å². The summed E-state index contributed by atoms with van der Waals surface area (Å²) in [5.41, 5.74) is -0.718. The number of halogens is 2. The molecule has 0 aliphatic carbocycles.